The number of aromatic nitrogens is 2. The Morgan fingerprint density at radius 1 is 1.14 bits per heavy atom. The maximum atomic E-state index is 11.9. The molecule has 1 N–H and O–H groups in total. The van der Waals surface area contributed by atoms with Crippen LogP contribution in [0.25, 0.3) is 0 Å². The van der Waals surface area contributed by atoms with Crippen molar-refractivity contribution < 1.29 is 9.53 Å². The van der Waals surface area contributed by atoms with Crippen molar-refractivity contribution in [1.29, 1.82) is 0 Å². The minimum absolute atomic E-state index is 0.221. The van der Waals surface area contributed by atoms with Crippen LogP contribution in [0.15, 0.2) is 36.7 Å². The largest absolute Gasteiger partial charge is 0.377 e. The van der Waals surface area contributed by atoms with Crippen LogP contribution in [0.1, 0.15) is 34.2 Å². The van der Waals surface area contributed by atoms with Gasteiger partial charge < -0.3 is 10.1 Å². The zero-order valence-electron chi connectivity index (χ0n) is 12.3. The third-order valence-corrected chi connectivity index (χ3v) is 2.96. The number of carbonyl (C=O) groups excluding carboxylic acids is 1. The zero-order chi connectivity index (χ0) is 15.1. The first-order valence-corrected chi connectivity index (χ1v) is 6.91. The van der Waals surface area contributed by atoms with Crippen molar-refractivity contribution in [3.05, 3.63) is 59.2 Å². The van der Waals surface area contributed by atoms with Crippen molar-refractivity contribution in [2.75, 3.05) is 6.61 Å². The number of rotatable bonds is 6. The molecule has 2 aromatic rings. The van der Waals surface area contributed by atoms with Gasteiger partial charge >= 0.3 is 0 Å². The van der Waals surface area contributed by atoms with Crippen molar-refractivity contribution in [1.82, 2.24) is 15.3 Å². The third-order valence-electron chi connectivity index (χ3n) is 2.96. The number of amides is 1. The predicted molar refractivity (Wildman–Crippen MR) is 79.7 cm³/mol. The molecule has 0 aliphatic rings. The maximum Gasteiger partial charge on any atom is 0.271 e. The average molecular weight is 285 g/mol. The van der Waals surface area contributed by atoms with Gasteiger partial charge in [0, 0.05) is 19.3 Å². The molecule has 5 nitrogen and oxygen atoms in total. The summed E-state index contributed by atoms with van der Waals surface area (Å²) in [6.45, 7) is 5.58. The SMILES string of the molecule is CCOCc1ccc(CNC(=O)c2cnc(C)cn2)cc1. The fraction of sp³-hybridized carbons (Fsp3) is 0.312. The van der Waals surface area contributed by atoms with Gasteiger partial charge in [-0.05, 0) is 25.0 Å². The molecule has 0 atom stereocenters. The molecule has 1 aromatic heterocycles. The second kappa shape index (κ2) is 7.50. The van der Waals surface area contributed by atoms with Crippen molar-refractivity contribution >= 4 is 5.91 Å². The highest BCUT2D eigenvalue weighted by Crippen LogP contribution is 2.06. The summed E-state index contributed by atoms with van der Waals surface area (Å²) in [5, 5.41) is 2.82. The number of ether oxygens (including phenoxy) is 1. The Morgan fingerprint density at radius 3 is 2.48 bits per heavy atom. The van der Waals surface area contributed by atoms with Crippen molar-refractivity contribution in [3.8, 4) is 0 Å². The van der Waals surface area contributed by atoms with E-state index >= 15 is 0 Å². The Balaban J connectivity index is 1.87. The van der Waals surface area contributed by atoms with E-state index in [4.69, 9.17) is 4.74 Å². The molecule has 0 spiro atoms. The lowest BCUT2D eigenvalue weighted by atomic mass is 10.1. The molecule has 0 unspecified atom stereocenters. The molecule has 1 amide bonds. The Kier molecular flexibility index (Phi) is 5.40. The van der Waals surface area contributed by atoms with E-state index in [1.54, 1.807) is 6.20 Å². The molecule has 1 aromatic carbocycles. The monoisotopic (exact) mass is 285 g/mol. The highest BCUT2D eigenvalue weighted by Gasteiger charge is 2.06. The van der Waals surface area contributed by atoms with E-state index in [1.165, 1.54) is 6.20 Å². The summed E-state index contributed by atoms with van der Waals surface area (Å²) >= 11 is 0. The van der Waals surface area contributed by atoms with Gasteiger partial charge in [0.25, 0.3) is 5.91 Å². The summed E-state index contributed by atoms with van der Waals surface area (Å²) in [5.74, 6) is -0.221. The first-order valence-electron chi connectivity index (χ1n) is 6.91. The van der Waals surface area contributed by atoms with E-state index in [-0.39, 0.29) is 5.91 Å². The van der Waals surface area contributed by atoms with Crippen molar-refractivity contribution in [3.63, 3.8) is 0 Å². The van der Waals surface area contributed by atoms with Gasteiger partial charge in [0.15, 0.2) is 0 Å². The van der Waals surface area contributed by atoms with Gasteiger partial charge in [-0.1, -0.05) is 24.3 Å². The highest BCUT2D eigenvalue weighted by atomic mass is 16.5. The van der Waals surface area contributed by atoms with Crippen LogP contribution in [0.3, 0.4) is 0 Å². The second-order valence-electron chi connectivity index (χ2n) is 4.68. The molecule has 110 valence electrons. The first-order chi connectivity index (χ1) is 10.2. The molecular weight excluding hydrogens is 266 g/mol. The van der Waals surface area contributed by atoms with Crippen LogP contribution in [0.5, 0.6) is 0 Å². The molecule has 0 radical (unpaired) electrons. The average Bonchev–Trinajstić information content (AvgIpc) is 2.52. The van der Waals surface area contributed by atoms with Crippen molar-refractivity contribution in [2.24, 2.45) is 0 Å². The summed E-state index contributed by atoms with van der Waals surface area (Å²) in [7, 11) is 0. The van der Waals surface area contributed by atoms with E-state index in [1.807, 2.05) is 38.1 Å². The summed E-state index contributed by atoms with van der Waals surface area (Å²) < 4.78 is 5.34. The molecule has 0 aliphatic carbocycles. The standard InChI is InChI=1S/C16H19N3O2/c1-3-21-11-14-6-4-13(5-7-14)9-19-16(20)15-10-17-12(2)8-18-15/h4-8,10H,3,9,11H2,1-2H3,(H,19,20). The number of nitrogens with zero attached hydrogens (tertiary/aromatic N) is 2. The third kappa shape index (κ3) is 4.65. The Hall–Kier alpha value is -2.27. The molecule has 0 bridgehead atoms. The first kappa shape index (κ1) is 15.1. The fourth-order valence-corrected chi connectivity index (χ4v) is 1.76. The van der Waals surface area contributed by atoms with Crippen LogP contribution >= 0.6 is 0 Å². The van der Waals surface area contributed by atoms with Crippen LogP contribution in [0, 0.1) is 6.92 Å². The van der Waals surface area contributed by atoms with Gasteiger partial charge in [-0.15, -0.1) is 0 Å². The highest BCUT2D eigenvalue weighted by molar-refractivity contribution is 5.91. The van der Waals surface area contributed by atoms with Crippen LogP contribution in [0.4, 0.5) is 0 Å². The van der Waals surface area contributed by atoms with Crippen LogP contribution in [0.2, 0.25) is 0 Å². The quantitative estimate of drug-likeness (QED) is 0.884. The topological polar surface area (TPSA) is 64.1 Å². The smallest absolute Gasteiger partial charge is 0.271 e. The molecule has 1 heterocycles. The van der Waals surface area contributed by atoms with Crippen LogP contribution in [-0.2, 0) is 17.9 Å². The van der Waals surface area contributed by atoms with E-state index in [2.05, 4.69) is 15.3 Å². The molecule has 0 aliphatic heterocycles. The number of aryl methyl sites for hydroxylation is 1. The lowest BCUT2D eigenvalue weighted by Crippen LogP contribution is -2.24. The Labute approximate surface area is 124 Å². The van der Waals surface area contributed by atoms with E-state index in [0.29, 0.717) is 25.5 Å². The van der Waals surface area contributed by atoms with Gasteiger partial charge in [0.2, 0.25) is 0 Å². The zero-order valence-corrected chi connectivity index (χ0v) is 12.3. The minimum Gasteiger partial charge on any atom is -0.377 e. The van der Waals surface area contributed by atoms with Gasteiger partial charge in [-0.3, -0.25) is 9.78 Å². The number of benzene rings is 1. The van der Waals surface area contributed by atoms with Crippen LogP contribution in [-0.4, -0.2) is 22.5 Å². The number of carbonyl (C=O) groups is 1. The van der Waals surface area contributed by atoms with E-state index in [9.17, 15) is 4.79 Å². The normalized spacial score (nSPS) is 10.4. The molecule has 0 saturated heterocycles. The number of nitrogens with one attached hydrogen (secondary N) is 1. The lowest BCUT2D eigenvalue weighted by Gasteiger charge is -2.06. The van der Waals surface area contributed by atoms with Gasteiger partial charge in [-0.25, -0.2) is 4.98 Å². The van der Waals surface area contributed by atoms with E-state index < -0.39 is 0 Å². The predicted octanol–water partition coefficient (Wildman–Crippen LogP) is 2.25. The van der Waals surface area contributed by atoms with Gasteiger partial charge in [0.1, 0.15) is 5.69 Å². The molecular formula is C16H19N3O2. The maximum absolute atomic E-state index is 11.9. The summed E-state index contributed by atoms with van der Waals surface area (Å²) in [6.07, 6.45) is 3.06. The summed E-state index contributed by atoms with van der Waals surface area (Å²) in [5.41, 5.74) is 3.27. The second-order valence-corrected chi connectivity index (χ2v) is 4.68. The molecule has 0 saturated carbocycles. The van der Waals surface area contributed by atoms with E-state index in [0.717, 1.165) is 16.8 Å². The number of hydrogen-bond donors (Lipinski definition) is 1. The Morgan fingerprint density at radius 2 is 1.86 bits per heavy atom. The molecule has 2 rings (SSSR count). The van der Waals surface area contributed by atoms with Crippen molar-refractivity contribution in [2.45, 2.75) is 27.0 Å². The number of hydrogen-bond acceptors (Lipinski definition) is 4. The molecule has 21 heavy (non-hydrogen) atoms. The lowest BCUT2D eigenvalue weighted by molar-refractivity contribution is 0.0945. The summed E-state index contributed by atoms with van der Waals surface area (Å²) in [6, 6.07) is 7.97. The van der Waals surface area contributed by atoms with Gasteiger partial charge in [0.05, 0.1) is 18.5 Å². The van der Waals surface area contributed by atoms with Crippen LogP contribution < -0.4 is 5.32 Å². The Bertz CT molecular complexity index is 579. The van der Waals surface area contributed by atoms with Gasteiger partial charge in [-0.2, -0.15) is 0 Å². The minimum atomic E-state index is -0.221. The molecule has 0 fully saturated rings. The molecule has 5 heteroatoms. The summed E-state index contributed by atoms with van der Waals surface area (Å²) in [4.78, 5) is 20.0. The fourth-order valence-electron chi connectivity index (χ4n) is 1.76.